The normalized spacial score (nSPS) is 11.8. The number of rotatable bonds is 6. The lowest BCUT2D eigenvalue weighted by atomic mass is 9.91. The van der Waals surface area contributed by atoms with E-state index < -0.39 is 10.1 Å². The van der Waals surface area contributed by atoms with Crippen LogP contribution in [0.25, 0.3) is 33.4 Å². The molecule has 0 bridgehead atoms. The third-order valence-corrected chi connectivity index (χ3v) is 6.76. The molecule has 2 aromatic rings. The molecule has 0 unspecified atom stereocenters. The van der Waals surface area contributed by atoms with E-state index in [0.29, 0.717) is 13.0 Å². The molecule has 1 heterocycles. The summed E-state index contributed by atoms with van der Waals surface area (Å²) in [7, 11) is 1.95. The smallest absolute Gasteiger partial charge is 0.264 e. The molecule has 2 aliphatic rings. The zero-order valence-corrected chi connectivity index (χ0v) is 20.2. The number of nitrogens with zero attached hydrogens (tertiary/aromatic N) is 2. The maximum atomic E-state index is 11.0. The molecule has 2 aromatic carbocycles. The van der Waals surface area contributed by atoms with Crippen LogP contribution in [0.15, 0.2) is 65.1 Å². The van der Waals surface area contributed by atoms with Crippen molar-refractivity contribution in [2.24, 2.45) is 0 Å². The van der Waals surface area contributed by atoms with Crippen LogP contribution in [0.3, 0.4) is 0 Å². The predicted octanol–water partition coefficient (Wildman–Crippen LogP) is 4.26. The Hall–Kier alpha value is -3.16. The van der Waals surface area contributed by atoms with Gasteiger partial charge in [0.2, 0.25) is 5.36 Å². The molecule has 7 heteroatoms. The first-order chi connectivity index (χ1) is 15.6. The van der Waals surface area contributed by atoms with Crippen LogP contribution < -0.4 is 14.8 Å². The van der Waals surface area contributed by atoms with Gasteiger partial charge in [0, 0.05) is 47.9 Å². The van der Waals surface area contributed by atoms with Gasteiger partial charge in [-0.05, 0) is 42.7 Å². The molecule has 1 aliphatic carbocycles. The number of hydrogen-bond donors (Lipinski definition) is 1. The molecule has 0 saturated heterocycles. The van der Waals surface area contributed by atoms with E-state index in [2.05, 4.69) is 49.4 Å². The van der Waals surface area contributed by atoms with Gasteiger partial charge in [-0.2, -0.15) is 8.42 Å². The quantitative estimate of drug-likeness (QED) is 0.262. The van der Waals surface area contributed by atoms with Gasteiger partial charge in [-0.25, -0.2) is 4.58 Å². The van der Waals surface area contributed by atoms with Crippen LogP contribution in [0.1, 0.15) is 12.0 Å². The van der Waals surface area contributed by atoms with Crippen LogP contribution in [0.2, 0.25) is 0 Å². The number of fused-ring (bicyclic) bond motifs is 2. The second-order valence-electron chi connectivity index (χ2n) is 8.61. The highest BCUT2D eigenvalue weighted by Gasteiger charge is 2.19. The molecule has 0 fully saturated rings. The van der Waals surface area contributed by atoms with Crippen LogP contribution in [-0.2, 0) is 10.1 Å². The Morgan fingerprint density at radius 2 is 1.76 bits per heavy atom. The summed E-state index contributed by atoms with van der Waals surface area (Å²) in [5, 5.41) is 2.07. The molecule has 4 rings (SSSR count). The lowest BCUT2D eigenvalue weighted by Crippen LogP contribution is -2.21. The zero-order chi connectivity index (χ0) is 23.8. The molecule has 1 N–H and O–H groups in total. The number of anilines is 1. The summed E-state index contributed by atoms with van der Waals surface area (Å²) >= 11 is 0. The van der Waals surface area contributed by atoms with Crippen molar-refractivity contribution in [1.82, 2.24) is 4.58 Å². The summed E-state index contributed by atoms with van der Waals surface area (Å²) in [5.74, 6) is 0.545. The van der Waals surface area contributed by atoms with Crippen LogP contribution in [-0.4, -0.2) is 46.4 Å². The van der Waals surface area contributed by atoms with Crippen molar-refractivity contribution < 1.29 is 17.4 Å². The molecule has 33 heavy (non-hydrogen) atoms. The van der Waals surface area contributed by atoms with Crippen molar-refractivity contribution in [3.63, 3.8) is 0 Å². The maximum Gasteiger partial charge on any atom is 0.264 e. The van der Waals surface area contributed by atoms with E-state index in [0.717, 1.165) is 44.5 Å². The van der Waals surface area contributed by atoms with Gasteiger partial charge in [-0.15, -0.1) is 0 Å². The van der Waals surface area contributed by atoms with Crippen molar-refractivity contribution in [2.45, 2.75) is 13.3 Å². The van der Waals surface area contributed by atoms with Crippen molar-refractivity contribution in [2.75, 3.05) is 38.3 Å². The molecule has 172 valence electrons. The minimum absolute atomic E-state index is 0.259. The Labute approximate surface area is 194 Å². The molecule has 0 atom stereocenters. The van der Waals surface area contributed by atoms with E-state index in [4.69, 9.17) is 8.97 Å². The van der Waals surface area contributed by atoms with E-state index in [1.165, 1.54) is 5.56 Å². The van der Waals surface area contributed by atoms with E-state index >= 15 is 0 Å². The van der Waals surface area contributed by atoms with Gasteiger partial charge in [0.05, 0.1) is 11.8 Å². The Morgan fingerprint density at radius 3 is 2.45 bits per heavy atom. The Balaban J connectivity index is 1.89. The van der Waals surface area contributed by atoms with Crippen LogP contribution in [0.5, 0.6) is 0 Å². The SMILES string of the molecule is Cc1ccccc1-c1c2ccc(=[N+](C)C)cc-2oc2cc(N(C)CCCS(=O)(=O)O)ccc12. The first-order valence-electron chi connectivity index (χ1n) is 10.9. The first-order valence-corrected chi connectivity index (χ1v) is 12.5. The number of hydrogen-bond acceptors (Lipinski definition) is 4. The van der Waals surface area contributed by atoms with Gasteiger partial charge < -0.3 is 9.32 Å². The van der Waals surface area contributed by atoms with Gasteiger partial charge >= 0.3 is 0 Å². The summed E-state index contributed by atoms with van der Waals surface area (Å²) in [5.41, 5.74) is 6.22. The summed E-state index contributed by atoms with van der Waals surface area (Å²) < 4.78 is 39.5. The number of benzene rings is 3. The lowest BCUT2D eigenvalue weighted by Gasteiger charge is -2.21. The topological polar surface area (TPSA) is 73.8 Å². The van der Waals surface area contributed by atoms with Crippen molar-refractivity contribution in [1.29, 1.82) is 0 Å². The summed E-state index contributed by atoms with van der Waals surface area (Å²) in [6, 6.07) is 20.7. The standard InChI is InChI=1S/C26H28N2O4S/c1-18-8-5-6-9-21(18)26-22-12-10-19(27(2)3)16-24(22)32-25-17-20(11-13-23(25)26)28(4)14-7-15-33(29,30)31/h5-6,8-13,16-17H,7,14-15H2,1-4H3/p+1. The van der Waals surface area contributed by atoms with E-state index in [1.807, 2.05) is 48.8 Å². The third kappa shape index (κ3) is 4.94. The Morgan fingerprint density at radius 1 is 1.00 bits per heavy atom. The molecule has 1 aliphatic heterocycles. The molecular formula is C26H29N2O4S+. The third-order valence-electron chi connectivity index (χ3n) is 5.96. The highest BCUT2D eigenvalue weighted by molar-refractivity contribution is 7.85. The second-order valence-corrected chi connectivity index (χ2v) is 10.2. The predicted molar refractivity (Wildman–Crippen MR) is 134 cm³/mol. The average Bonchev–Trinajstić information content (AvgIpc) is 2.76. The van der Waals surface area contributed by atoms with Crippen molar-refractivity contribution >= 4 is 26.8 Å². The zero-order valence-electron chi connectivity index (χ0n) is 19.4. The fourth-order valence-corrected chi connectivity index (χ4v) is 4.63. The van der Waals surface area contributed by atoms with E-state index in [9.17, 15) is 8.42 Å². The van der Waals surface area contributed by atoms with Gasteiger partial charge in [0.15, 0.2) is 0 Å². The van der Waals surface area contributed by atoms with Crippen molar-refractivity contribution in [3.8, 4) is 22.5 Å². The van der Waals surface area contributed by atoms with Crippen LogP contribution in [0.4, 0.5) is 5.69 Å². The molecule has 0 spiro atoms. The summed E-state index contributed by atoms with van der Waals surface area (Å²) in [6.07, 6.45) is 0.336. The highest BCUT2D eigenvalue weighted by atomic mass is 32.2. The monoisotopic (exact) mass is 465 g/mol. The van der Waals surface area contributed by atoms with Crippen LogP contribution in [0, 0.1) is 6.92 Å². The van der Waals surface area contributed by atoms with Gasteiger partial charge in [-0.3, -0.25) is 4.55 Å². The maximum absolute atomic E-state index is 11.0. The molecular weight excluding hydrogens is 436 g/mol. The molecule has 6 nitrogen and oxygen atoms in total. The largest absolute Gasteiger partial charge is 0.456 e. The van der Waals surface area contributed by atoms with E-state index in [-0.39, 0.29) is 5.75 Å². The number of aryl methyl sites for hydroxylation is 1. The van der Waals surface area contributed by atoms with Crippen molar-refractivity contribution in [3.05, 3.63) is 71.6 Å². The van der Waals surface area contributed by atoms with Gasteiger partial charge in [-0.1, -0.05) is 24.3 Å². The molecule has 0 saturated carbocycles. The van der Waals surface area contributed by atoms with Gasteiger partial charge in [0.25, 0.3) is 10.1 Å². The highest BCUT2D eigenvalue weighted by Crippen LogP contribution is 2.41. The minimum Gasteiger partial charge on any atom is -0.456 e. The van der Waals surface area contributed by atoms with Crippen LogP contribution >= 0.6 is 0 Å². The van der Waals surface area contributed by atoms with E-state index in [1.54, 1.807) is 0 Å². The second kappa shape index (κ2) is 9.00. The Bertz CT molecular complexity index is 1470. The molecule has 0 radical (unpaired) electrons. The molecule has 0 aromatic heterocycles. The fraction of sp³-hybridized carbons (Fsp3) is 0.269. The summed E-state index contributed by atoms with van der Waals surface area (Å²) in [4.78, 5) is 1.97. The average molecular weight is 466 g/mol. The minimum atomic E-state index is -3.96. The fourth-order valence-electron chi connectivity index (χ4n) is 4.14. The molecule has 0 amide bonds. The van der Waals surface area contributed by atoms with Gasteiger partial charge in [0.1, 0.15) is 25.4 Å². The lowest BCUT2D eigenvalue weighted by molar-refractivity contribution is 0.481. The first kappa shape index (κ1) is 23.0. The Kier molecular flexibility index (Phi) is 6.28. The summed E-state index contributed by atoms with van der Waals surface area (Å²) in [6.45, 7) is 2.61.